The largest absolute Gasteiger partial charge is 0.338 e. The van der Waals surface area contributed by atoms with Crippen LogP contribution in [0.5, 0.6) is 0 Å². The number of hydrogen-bond acceptors (Lipinski definition) is 7. The van der Waals surface area contributed by atoms with Crippen LogP contribution >= 0.6 is 0 Å². The number of nitrogens with one attached hydrogen (secondary N) is 1. The van der Waals surface area contributed by atoms with Crippen molar-refractivity contribution in [1.29, 1.82) is 0 Å². The Labute approximate surface area is 126 Å². The zero-order chi connectivity index (χ0) is 15.1. The highest BCUT2D eigenvalue weighted by Gasteiger charge is 2.18. The van der Waals surface area contributed by atoms with E-state index in [0.717, 1.165) is 45.2 Å². The lowest BCUT2D eigenvalue weighted by Crippen LogP contribution is -2.48. The molecule has 21 heavy (non-hydrogen) atoms. The SMILES string of the molecule is CS(=O)(=O)CCNCCN1CCN(c2ncccn2)CC1. The maximum atomic E-state index is 11.0. The summed E-state index contributed by atoms with van der Waals surface area (Å²) in [5.41, 5.74) is 0. The van der Waals surface area contributed by atoms with Crippen molar-refractivity contribution >= 4 is 15.8 Å². The summed E-state index contributed by atoms with van der Waals surface area (Å²) in [5.74, 6) is 0.995. The second kappa shape index (κ2) is 7.67. The second-order valence-corrected chi connectivity index (χ2v) is 7.52. The van der Waals surface area contributed by atoms with E-state index in [1.165, 1.54) is 6.26 Å². The number of piperazine rings is 1. The highest BCUT2D eigenvalue weighted by molar-refractivity contribution is 7.90. The van der Waals surface area contributed by atoms with Gasteiger partial charge in [-0.05, 0) is 6.07 Å². The van der Waals surface area contributed by atoms with Gasteiger partial charge < -0.3 is 10.2 Å². The molecule has 1 aliphatic rings. The number of hydrogen-bond donors (Lipinski definition) is 1. The van der Waals surface area contributed by atoms with Crippen molar-refractivity contribution < 1.29 is 8.42 Å². The Morgan fingerprint density at radius 1 is 1.14 bits per heavy atom. The van der Waals surface area contributed by atoms with Crippen molar-refractivity contribution in [3.63, 3.8) is 0 Å². The van der Waals surface area contributed by atoms with Gasteiger partial charge in [0.2, 0.25) is 5.95 Å². The van der Waals surface area contributed by atoms with Crippen LogP contribution in [0.2, 0.25) is 0 Å². The molecule has 1 aromatic rings. The zero-order valence-corrected chi connectivity index (χ0v) is 13.2. The molecule has 0 spiro atoms. The van der Waals surface area contributed by atoms with E-state index in [1.54, 1.807) is 12.4 Å². The Bertz CT molecular complexity index is 515. The molecule has 7 nitrogen and oxygen atoms in total. The molecule has 0 radical (unpaired) electrons. The third kappa shape index (κ3) is 5.94. The first kappa shape index (κ1) is 16.1. The fraction of sp³-hybridized carbons (Fsp3) is 0.692. The van der Waals surface area contributed by atoms with E-state index in [0.29, 0.717) is 6.54 Å². The Hall–Kier alpha value is -1.25. The van der Waals surface area contributed by atoms with Crippen molar-refractivity contribution in [2.45, 2.75) is 0 Å². The summed E-state index contributed by atoms with van der Waals surface area (Å²) in [7, 11) is -2.86. The van der Waals surface area contributed by atoms with Crippen molar-refractivity contribution in [2.24, 2.45) is 0 Å². The molecule has 1 saturated heterocycles. The van der Waals surface area contributed by atoms with Gasteiger partial charge in [0.25, 0.3) is 0 Å². The average Bonchev–Trinajstić information content (AvgIpc) is 2.47. The van der Waals surface area contributed by atoms with Gasteiger partial charge in [-0.2, -0.15) is 0 Å². The number of anilines is 1. The third-order valence-electron chi connectivity index (χ3n) is 3.46. The van der Waals surface area contributed by atoms with Gasteiger partial charge in [-0.25, -0.2) is 18.4 Å². The third-order valence-corrected chi connectivity index (χ3v) is 4.41. The second-order valence-electron chi connectivity index (χ2n) is 5.26. The van der Waals surface area contributed by atoms with Gasteiger partial charge in [0.1, 0.15) is 9.84 Å². The van der Waals surface area contributed by atoms with Crippen LogP contribution in [0.1, 0.15) is 0 Å². The number of aromatic nitrogens is 2. The molecule has 0 unspecified atom stereocenters. The van der Waals surface area contributed by atoms with Gasteiger partial charge in [-0.3, -0.25) is 4.90 Å². The van der Waals surface area contributed by atoms with Crippen LogP contribution in [0.15, 0.2) is 18.5 Å². The first-order chi connectivity index (χ1) is 10.0. The minimum atomic E-state index is -2.86. The molecule has 1 aromatic heterocycles. The highest BCUT2D eigenvalue weighted by Crippen LogP contribution is 2.08. The van der Waals surface area contributed by atoms with E-state index in [4.69, 9.17) is 0 Å². The van der Waals surface area contributed by atoms with Crippen LogP contribution < -0.4 is 10.2 Å². The number of nitrogens with zero attached hydrogens (tertiary/aromatic N) is 4. The molecule has 0 aliphatic carbocycles. The molecule has 0 atom stereocenters. The quantitative estimate of drug-likeness (QED) is 0.662. The van der Waals surface area contributed by atoms with Gasteiger partial charge in [0.15, 0.2) is 0 Å². The predicted molar refractivity (Wildman–Crippen MR) is 83.3 cm³/mol. The van der Waals surface area contributed by atoms with Crippen LogP contribution in [0, 0.1) is 0 Å². The van der Waals surface area contributed by atoms with Crippen molar-refractivity contribution in [3.8, 4) is 0 Å². The maximum absolute atomic E-state index is 11.0. The Morgan fingerprint density at radius 2 is 1.81 bits per heavy atom. The molecule has 2 heterocycles. The molecule has 118 valence electrons. The van der Waals surface area contributed by atoms with Crippen LogP contribution in [0.25, 0.3) is 0 Å². The molecule has 0 bridgehead atoms. The summed E-state index contributed by atoms with van der Waals surface area (Å²) < 4.78 is 22.0. The summed E-state index contributed by atoms with van der Waals surface area (Å²) in [6.07, 6.45) is 4.79. The Balaban J connectivity index is 1.61. The summed E-state index contributed by atoms with van der Waals surface area (Å²) in [6, 6.07) is 1.82. The van der Waals surface area contributed by atoms with Crippen LogP contribution in [0.3, 0.4) is 0 Å². The van der Waals surface area contributed by atoms with Gasteiger partial charge in [-0.15, -0.1) is 0 Å². The standard InChI is InChI=1S/C13H23N5O2S/c1-21(19,20)12-6-14-5-7-17-8-10-18(11-9-17)13-15-3-2-4-16-13/h2-4,14H,5-12H2,1H3. The summed E-state index contributed by atoms with van der Waals surface area (Å²) in [6.45, 7) is 6.08. The normalized spacial score (nSPS) is 17.1. The molecule has 0 aromatic carbocycles. The molecule has 0 saturated carbocycles. The lowest BCUT2D eigenvalue weighted by atomic mass is 10.3. The summed E-state index contributed by atoms with van der Waals surface area (Å²) in [5, 5.41) is 3.17. The molecule has 8 heteroatoms. The molecule has 2 rings (SSSR count). The fourth-order valence-corrected chi connectivity index (χ4v) is 2.76. The van der Waals surface area contributed by atoms with Crippen LogP contribution in [-0.4, -0.2) is 81.1 Å². The van der Waals surface area contributed by atoms with E-state index in [9.17, 15) is 8.42 Å². The zero-order valence-electron chi connectivity index (χ0n) is 12.4. The van der Waals surface area contributed by atoms with Gasteiger partial charge in [-0.1, -0.05) is 0 Å². The fourth-order valence-electron chi connectivity index (χ4n) is 2.25. The summed E-state index contributed by atoms with van der Waals surface area (Å²) in [4.78, 5) is 13.1. The van der Waals surface area contributed by atoms with Crippen molar-refractivity contribution in [2.75, 3.05) is 62.7 Å². The maximum Gasteiger partial charge on any atom is 0.225 e. The molecular formula is C13H23N5O2S. The number of rotatable bonds is 7. The number of sulfone groups is 1. The van der Waals surface area contributed by atoms with E-state index in [2.05, 4.69) is 25.1 Å². The van der Waals surface area contributed by atoms with Crippen LogP contribution in [-0.2, 0) is 9.84 Å². The van der Waals surface area contributed by atoms with Gasteiger partial charge >= 0.3 is 0 Å². The van der Waals surface area contributed by atoms with Gasteiger partial charge in [0, 0.05) is 64.5 Å². The van der Waals surface area contributed by atoms with Crippen molar-refractivity contribution in [1.82, 2.24) is 20.2 Å². The Kier molecular flexibility index (Phi) is 5.89. The molecule has 1 N–H and O–H groups in total. The molecule has 1 fully saturated rings. The monoisotopic (exact) mass is 313 g/mol. The summed E-state index contributed by atoms with van der Waals surface area (Å²) >= 11 is 0. The van der Waals surface area contributed by atoms with E-state index >= 15 is 0 Å². The first-order valence-electron chi connectivity index (χ1n) is 7.17. The molecule has 0 amide bonds. The smallest absolute Gasteiger partial charge is 0.225 e. The van der Waals surface area contributed by atoms with E-state index in [-0.39, 0.29) is 5.75 Å². The van der Waals surface area contributed by atoms with Crippen LogP contribution in [0.4, 0.5) is 5.95 Å². The predicted octanol–water partition coefficient (Wildman–Crippen LogP) is -0.767. The van der Waals surface area contributed by atoms with E-state index in [1.807, 2.05) is 6.07 Å². The average molecular weight is 313 g/mol. The molecular weight excluding hydrogens is 290 g/mol. The highest BCUT2D eigenvalue weighted by atomic mass is 32.2. The van der Waals surface area contributed by atoms with Gasteiger partial charge in [0.05, 0.1) is 5.75 Å². The Morgan fingerprint density at radius 3 is 2.43 bits per heavy atom. The minimum Gasteiger partial charge on any atom is -0.338 e. The lowest BCUT2D eigenvalue weighted by Gasteiger charge is -2.34. The van der Waals surface area contributed by atoms with E-state index < -0.39 is 9.84 Å². The van der Waals surface area contributed by atoms with Crippen molar-refractivity contribution in [3.05, 3.63) is 18.5 Å². The molecule has 1 aliphatic heterocycles. The first-order valence-corrected chi connectivity index (χ1v) is 9.23. The topological polar surface area (TPSA) is 78.4 Å². The minimum absolute atomic E-state index is 0.201. The lowest BCUT2D eigenvalue weighted by molar-refractivity contribution is 0.257.